The van der Waals surface area contributed by atoms with Crippen LogP contribution in [0.4, 0.5) is 13.2 Å². The third-order valence-corrected chi connectivity index (χ3v) is 3.63. The number of benzene rings is 2. The van der Waals surface area contributed by atoms with Crippen molar-refractivity contribution < 1.29 is 22.6 Å². The molecule has 1 fully saturated rings. The molecule has 1 aliphatic heterocycles. The number of rotatable bonds is 4. The number of nitrogens with one attached hydrogen (secondary N) is 1. The van der Waals surface area contributed by atoms with Gasteiger partial charge in [0.2, 0.25) is 0 Å². The lowest BCUT2D eigenvalue weighted by Gasteiger charge is -2.31. The molecular weight excluding hydrogens is 343 g/mol. The fourth-order valence-electron chi connectivity index (χ4n) is 2.54. The van der Waals surface area contributed by atoms with Gasteiger partial charge in [-0.25, -0.2) is 13.2 Å². The summed E-state index contributed by atoms with van der Waals surface area (Å²) in [7, 11) is 0. The molecule has 2 aromatic rings. The second-order valence-electron chi connectivity index (χ2n) is 5.26. The van der Waals surface area contributed by atoms with Crippen molar-refractivity contribution in [3.05, 3.63) is 65.5 Å². The molecular formula is C17H17ClF3NO2. The molecule has 2 aromatic carbocycles. The Morgan fingerprint density at radius 2 is 1.79 bits per heavy atom. The van der Waals surface area contributed by atoms with E-state index in [4.69, 9.17) is 9.47 Å². The highest BCUT2D eigenvalue weighted by Gasteiger charge is 2.30. The van der Waals surface area contributed by atoms with Crippen molar-refractivity contribution in [2.45, 2.75) is 12.2 Å². The zero-order valence-corrected chi connectivity index (χ0v) is 13.5. The van der Waals surface area contributed by atoms with E-state index < -0.39 is 35.4 Å². The molecule has 0 radical (unpaired) electrons. The van der Waals surface area contributed by atoms with Crippen molar-refractivity contribution in [3.8, 4) is 5.75 Å². The smallest absolute Gasteiger partial charge is 0.191 e. The van der Waals surface area contributed by atoms with Gasteiger partial charge < -0.3 is 14.8 Å². The number of morpholine rings is 1. The van der Waals surface area contributed by atoms with Crippen LogP contribution in [0, 0.1) is 17.5 Å². The minimum Gasteiger partial charge on any atom is -0.477 e. The quantitative estimate of drug-likeness (QED) is 0.904. The van der Waals surface area contributed by atoms with Gasteiger partial charge in [-0.05, 0) is 29.8 Å². The van der Waals surface area contributed by atoms with Gasteiger partial charge in [0.05, 0.1) is 6.61 Å². The summed E-state index contributed by atoms with van der Waals surface area (Å²) in [5.74, 6) is -2.56. The number of halogens is 4. The SMILES string of the molecule is Cl.Fc1cccc(C(Oc2c(F)cccc2F)[C@@H]2CNCCO2)c1. The van der Waals surface area contributed by atoms with Gasteiger partial charge in [0.15, 0.2) is 23.5 Å². The zero-order chi connectivity index (χ0) is 16.2. The second kappa shape index (κ2) is 8.37. The van der Waals surface area contributed by atoms with Gasteiger partial charge in [0.1, 0.15) is 11.9 Å². The summed E-state index contributed by atoms with van der Waals surface area (Å²) in [5.41, 5.74) is 0.460. The molecule has 7 heteroatoms. The van der Waals surface area contributed by atoms with Crippen molar-refractivity contribution in [3.63, 3.8) is 0 Å². The van der Waals surface area contributed by atoms with Crippen LogP contribution in [-0.2, 0) is 4.74 Å². The lowest BCUT2D eigenvalue weighted by Crippen LogP contribution is -2.43. The average molecular weight is 360 g/mol. The van der Waals surface area contributed by atoms with Crippen LogP contribution < -0.4 is 10.1 Å². The number of hydrogen-bond donors (Lipinski definition) is 1. The lowest BCUT2D eigenvalue weighted by molar-refractivity contribution is -0.0454. The number of para-hydroxylation sites is 1. The molecule has 1 N–H and O–H groups in total. The zero-order valence-electron chi connectivity index (χ0n) is 12.7. The molecule has 1 unspecified atom stereocenters. The normalized spacial score (nSPS) is 18.5. The maximum absolute atomic E-state index is 13.9. The summed E-state index contributed by atoms with van der Waals surface area (Å²) >= 11 is 0. The molecule has 1 aliphatic rings. The molecule has 3 nitrogen and oxygen atoms in total. The van der Waals surface area contributed by atoms with Gasteiger partial charge in [0, 0.05) is 13.1 Å². The number of ether oxygens (including phenoxy) is 2. The van der Waals surface area contributed by atoms with E-state index in [1.807, 2.05) is 0 Å². The van der Waals surface area contributed by atoms with E-state index in [-0.39, 0.29) is 12.4 Å². The Kier molecular flexibility index (Phi) is 6.48. The van der Waals surface area contributed by atoms with Crippen molar-refractivity contribution in [1.82, 2.24) is 5.32 Å². The highest BCUT2D eigenvalue weighted by molar-refractivity contribution is 5.85. The van der Waals surface area contributed by atoms with Crippen molar-refractivity contribution in [2.24, 2.45) is 0 Å². The lowest BCUT2D eigenvalue weighted by atomic mass is 10.0. The molecule has 3 rings (SSSR count). The largest absolute Gasteiger partial charge is 0.477 e. The van der Waals surface area contributed by atoms with Crippen LogP contribution in [0.15, 0.2) is 42.5 Å². The van der Waals surface area contributed by atoms with E-state index in [0.717, 1.165) is 12.1 Å². The van der Waals surface area contributed by atoms with Crippen LogP contribution in [0.5, 0.6) is 5.75 Å². The highest BCUT2D eigenvalue weighted by Crippen LogP contribution is 2.31. The third kappa shape index (κ3) is 4.20. The van der Waals surface area contributed by atoms with E-state index in [1.54, 1.807) is 6.07 Å². The van der Waals surface area contributed by atoms with Gasteiger partial charge in [-0.3, -0.25) is 0 Å². The maximum Gasteiger partial charge on any atom is 0.191 e. The van der Waals surface area contributed by atoms with Crippen LogP contribution in [-0.4, -0.2) is 25.8 Å². The first-order valence-electron chi connectivity index (χ1n) is 7.33. The van der Waals surface area contributed by atoms with E-state index in [2.05, 4.69) is 5.32 Å². The summed E-state index contributed by atoms with van der Waals surface area (Å²) in [6.07, 6.45) is -1.31. The minimum absolute atomic E-state index is 0. The molecule has 0 saturated carbocycles. The van der Waals surface area contributed by atoms with Gasteiger partial charge >= 0.3 is 0 Å². The van der Waals surface area contributed by atoms with Crippen LogP contribution in [0.3, 0.4) is 0 Å². The standard InChI is InChI=1S/C17H16F3NO2.ClH/c18-12-4-1-3-11(9-12)16(15-10-21-7-8-22-15)23-17-13(19)5-2-6-14(17)20;/h1-6,9,15-16,21H,7-8,10H2;1H/t15-,16?;/m0./s1. The van der Waals surface area contributed by atoms with Crippen LogP contribution in [0.25, 0.3) is 0 Å². The van der Waals surface area contributed by atoms with Gasteiger partial charge in [-0.15, -0.1) is 12.4 Å². The molecule has 1 saturated heterocycles. The van der Waals surface area contributed by atoms with E-state index in [1.165, 1.54) is 24.3 Å². The van der Waals surface area contributed by atoms with Crippen LogP contribution in [0.2, 0.25) is 0 Å². The Balaban J connectivity index is 0.00000208. The second-order valence-corrected chi connectivity index (χ2v) is 5.26. The summed E-state index contributed by atoms with van der Waals surface area (Å²) in [5, 5.41) is 3.13. The molecule has 0 aromatic heterocycles. The van der Waals surface area contributed by atoms with E-state index in [9.17, 15) is 13.2 Å². The summed E-state index contributed by atoms with van der Waals surface area (Å²) < 4.78 is 52.5. The predicted molar refractivity (Wildman–Crippen MR) is 86.0 cm³/mol. The fraction of sp³-hybridized carbons (Fsp3) is 0.294. The minimum atomic E-state index is -0.829. The Morgan fingerprint density at radius 3 is 2.42 bits per heavy atom. The van der Waals surface area contributed by atoms with Crippen molar-refractivity contribution in [1.29, 1.82) is 0 Å². The molecule has 0 spiro atoms. The van der Waals surface area contributed by atoms with Crippen LogP contribution in [0.1, 0.15) is 11.7 Å². The molecule has 0 bridgehead atoms. The fourth-order valence-corrected chi connectivity index (χ4v) is 2.54. The summed E-state index contributed by atoms with van der Waals surface area (Å²) in [4.78, 5) is 0. The van der Waals surface area contributed by atoms with E-state index in [0.29, 0.717) is 25.3 Å². The molecule has 130 valence electrons. The first kappa shape index (κ1) is 18.6. The summed E-state index contributed by atoms with van der Waals surface area (Å²) in [6.45, 7) is 1.57. The molecule has 24 heavy (non-hydrogen) atoms. The topological polar surface area (TPSA) is 30.5 Å². The first-order valence-corrected chi connectivity index (χ1v) is 7.33. The van der Waals surface area contributed by atoms with Crippen molar-refractivity contribution in [2.75, 3.05) is 19.7 Å². The Hall–Kier alpha value is -1.76. The molecule has 0 amide bonds. The molecule has 0 aliphatic carbocycles. The number of hydrogen-bond acceptors (Lipinski definition) is 3. The maximum atomic E-state index is 13.9. The highest BCUT2D eigenvalue weighted by atomic mass is 35.5. The Bertz CT molecular complexity index is 660. The Labute approximate surface area is 144 Å². The van der Waals surface area contributed by atoms with Crippen molar-refractivity contribution >= 4 is 12.4 Å². The van der Waals surface area contributed by atoms with Gasteiger partial charge in [0.25, 0.3) is 0 Å². The van der Waals surface area contributed by atoms with E-state index >= 15 is 0 Å². The summed E-state index contributed by atoms with van der Waals surface area (Å²) in [6, 6.07) is 9.22. The van der Waals surface area contributed by atoms with Gasteiger partial charge in [-0.2, -0.15) is 0 Å². The van der Waals surface area contributed by atoms with Crippen LogP contribution >= 0.6 is 12.4 Å². The average Bonchev–Trinajstić information content (AvgIpc) is 2.55. The Morgan fingerprint density at radius 1 is 1.08 bits per heavy atom. The molecule has 2 atom stereocenters. The first-order chi connectivity index (χ1) is 11.1. The molecule has 1 heterocycles. The predicted octanol–water partition coefficient (Wildman–Crippen LogP) is 3.63. The third-order valence-electron chi connectivity index (χ3n) is 3.63. The van der Waals surface area contributed by atoms with Gasteiger partial charge in [-0.1, -0.05) is 18.2 Å². The monoisotopic (exact) mass is 359 g/mol.